The van der Waals surface area contributed by atoms with Gasteiger partial charge in [0.05, 0.1) is 23.9 Å². The summed E-state index contributed by atoms with van der Waals surface area (Å²) in [6.07, 6.45) is 11.2. The average Bonchev–Trinajstić information content (AvgIpc) is 3.28. The van der Waals surface area contributed by atoms with Crippen LogP contribution in [0.15, 0.2) is 114 Å². The van der Waals surface area contributed by atoms with E-state index in [1.165, 1.54) is 4.90 Å². The fraction of sp³-hybridized carbons (Fsp3) is 0.182. The van der Waals surface area contributed by atoms with Crippen LogP contribution in [0.5, 0.6) is 0 Å². The summed E-state index contributed by atoms with van der Waals surface area (Å²) in [5.74, 6) is -0.436. The summed E-state index contributed by atoms with van der Waals surface area (Å²) in [7, 11) is 0. The molecule has 1 fully saturated rings. The number of hydrogen-bond donors (Lipinski definition) is 0. The van der Waals surface area contributed by atoms with Crippen molar-refractivity contribution in [1.82, 2.24) is 4.90 Å². The number of nitrogens with zero attached hydrogens (tertiary/aromatic N) is 3. The number of anilines is 2. The van der Waals surface area contributed by atoms with Crippen molar-refractivity contribution in [1.29, 1.82) is 0 Å². The van der Waals surface area contributed by atoms with Crippen LogP contribution in [-0.2, 0) is 14.3 Å². The van der Waals surface area contributed by atoms with Gasteiger partial charge in [0.2, 0.25) is 0 Å². The van der Waals surface area contributed by atoms with Crippen LogP contribution in [0.3, 0.4) is 0 Å². The Morgan fingerprint density at radius 1 is 1.00 bits per heavy atom. The highest BCUT2D eigenvalue weighted by molar-refractivity contribution is 6.11. The van der Waals surface area contributed by atoms with E-state index in [2.05, 4.69) is 58.5 Å². The number of carbonyl (C=O) groups is 2. The monoisotopic (exact) mass is 533 g/mol. The highest BCUT2D eigenvalue weighted by Crippen LogP contribution is 2.31. The number of likely N-dealkylation sites (N-methyl/N-ethyl adjacent to an activating group) is 1. The molecule has 1 aliphatic heterocycles. The molecule has 7 heteroatoms. The minimum Gasteiger partial charge on any atom is -0.462 e. The van der Waals surface area contributed by atoms with Crippen LogP contribution in [0, 0.1) is 0 Å². The summed E-state index contributed by atoms with van der Waals surface area (Å²) in [5.41, 5.74) is 4.01. The van der Waals surface area contributed by atoms with Gasteiger partial charge >= 0.3 is 12.0 Å². The van der Waals surface area contributed by atoms with E-state index < -0.39 is 0 Å². The number of esters is 1. The average molecular weight is 534 g/mol. The fourth-order valence-corrected chi connectivity index (χ4v) is 4.63. The van der Waals surface area contributed by atoms with Crippen molar-refractivity contribution in [3.63, 3.8) is 0 Å². The van der Waals surface area contributed by atoms with Gasteiger partial charge in [-0.3, -0.25) is 9.69 Å². The van der Waals surface area contributed by atoms with Crippen molar-refractivity contribution in [2.45, 2.75) is 26.3 Å². The van der Waals surface area contributed by atoms with Gasteiger partial charge in [-0.25, -0.2) is 4.79 Å². The van der Waals surface area contributed by atoms with Gasteiger partial charge in [0.15, 0.2) is 5.76 Å². The van der Waals surface area contributed by atoms with Crippen molar-refractivity contribution in [3.8, 4) is 0 Å². The Labute approximate surface area is 234 Å². The molecule has 1 saturated heterocycles. The van der Waals surface area contributed by atoms with E-state index in [4.69, 9.17) is 9.47 Å². The zero-order valence-corrected chi connectivity index (χ0v) is 22.6. The van der Waals surface area contributed by atoms with Gasteiger partial charge in [-0.05, 0) is 80.4 Å². The maximum absolute atomic E-state index is 13.1. The van der Waals surface area contributed by atoms with E-state index in [1.807, 2.05) is 37.3 Å². The highest BCUT2D eigenvalue weighted by Gasteiger charge is 2.33. The van der Waals surface area contributed by atoms with E-state index in [1.54, 1.807) is 37.3 Å². The van der Waals surface area contributed by atoms with Gasteiger partial charge in [-0.15, -0.1) is 0 Å². The molecule has 5 rings (SSSR count). The normalized spacial score (nSPS) is 18.3. The Bertz CT molecular complexity index is 1470. The summed E-state index contributed by atoms with van der Waals surface area (Å²) in [6.45, 7) is 4.34. The SMILES string of the molecule is CCOC(=O)c1ccc(N=C2O/C(=C/c3ccc(N(c4ccccc4)[C@H]4C=CC=CC4)cc3)C(=O)N2CC)cc1. The molecule has 0 bridgehead atoms. The zero-order chi connectivity index (χ0) is 27.9. The Balaban J connectivity index is 1.36. The zero-order valence-electron chi connectivity index (χ0n) is 22.6. The van der Waals surface area contributed by atoms with Gasteiger partial charge in [-0.2, -0.15) is 4.99 Å². The summed E-state index contributed by atoms with van der Waals surface area (Å²) in [4.78, 5) is 33.3. The van der Waals surface area contributed by atoms with Crippen molar-refractivity contribution < 1.29 is 19.1 Å². The Morgan fingerprint density at radius 2 is 1.73 bits per heavy atom. The lowest BCUT2D eigenvalue weighted by Gasteiger charge is -2.32. The number of hydrogen-bond acceptors (Lipinski definition) is 6. The first-order valence-electron chi connectivity index (χ1n) is 13.4. The Kier molecular flexibility index (Phi) is 8.21. The maximum Gasteiger partial charge on any atom is 0.338 e. The number of rotatable bonds is 8. The molecule has 2 aliphatic rings. The molecule has 0 spiro atoms. The lowest BCUT2D eigenvalue weighted by Crippen LogP contribution is -2.29. The minimum absolute atomic E-state index is 0.201. The Morgan fingerprint density at radius 3 is 2.38 bits per heavy atom. The van der Waals surface area contributed by atoms with Gasteiger partial charge in [0.1, 0.15) is 0 Å². The number of allylic oxidation sites excluding steroid dienone is 2. The third-order valence-electron chi connectivity index (χ3n) is 6.60. The van der Waals surface area contributed by atoms with Crippen LogP contribution in [-0.4, -0.2) is 42.0 Å². The lowest BCUT2D eigenvalue weighted by atomic mass is 10.0. The molecule has 1 atom stereocenters. The standard InChI is InChI=1S/C33H31N3O4/c1-3-35-31(37)30(40-33(35)34-26-19-17-25(18-20-26)32(38)39-4-2)23-24-15-21-29(22-16-24)36(27-11-7-5-8-12-27)28-13-9-6-10-14-28/h5-13,15-23,28H,3-4,14H2,1-2H3/b30-23+,34-33?/t28-/m0/s1. The predicted octanol–water partition coefficient (Wildman–Crippen LogP) is 6.79. The quantitative estimate of drug-likeness (QED) is 0.235. The number of carbonyl (C=O) groups excluding carboxylic acids is 2. The minimum atomic E-state index is -0.389. The molecule has 0 unspecified atom stereocenters. The molecule has 40 heavy (non-hydrogen) atoms. The number of ether oxygens (including phenoxy) is 2. The Hall–Kier alpha value is -4.91. The van der Waals surface area contributed by atoms with E-state index in [0.29, 0.717) is 24.4 Å². The first kappa shape index (κ1) is 26.7. The molecule has 3 aromatic carbocycles. The third-order valence-corrected chi connectivity index (χ3v) is 6.60. The van der Waals surface area contributed by atoms with Crippen molar-refractivity contribution in [2.75, 3.05) is 18.1 Å². The number of amidine groups is 1. The molecule has 1 amide bonds. The molecule has 0 saturated carbocycles. The molecule has 1 aliphatic carbocycles. The molecule has 7 nitrogen and oxygen atoms in total. The van der Waals surface area contributed by atoms with Crippen LogP contribution in [0.2, 0.25) is 0 Å². The molecular formula is C33H31N3O4. The maximum atomic E-state index is 13.1. The second-order valence-corrected chi connectivity index (χ2v) is 9.23. The van der Waals surface area contributed by atoms with E-state index >= 15 is 0 Å². The predicted molar refractivity (Wildman–Crippen MR) is 158 cm³/mol. The first-order chi connectivity index (χ1) is 19.6. The van der Waals surface area contributed by atoms with Gasteiger partial charge < -0.3 is 14.4 Å². The van der Waals surface area contributed by atoms with Crippen LogP contribution in [0.4, 0.5) is 17.1 Å². The first-order valence-corrected chi connectivity index (χ1v) is 13.4. The van der Waals surface area contributed by atoms with Crippen LogP contribution in [0.1, 0.15) is 36.2 Å². The number of aliphatic imine (C=N–C) groups is 1. The second kappa shape index (κ2) is 12.3. The molecular weight excluding hydrogens is 502 g/mol. The smallest absolute Gasteiger partial charge is 0.338 e. The van der Waals surface area contributed by atoms with E-state index in [0.717, 1.165) is 23.4 Å². The topological polar surface area (TPSA) is 71.4 Å². The molecule has 0 aromatic heterocycles. The van der Waals surface area contributed by atoms with Crippen LogP contribution in [0.25, 0.3) is 6.08 Å². The summed E-state index contributed by atoms with van der Waals surface area (Å²) in [6, 6.07) is 25.5. The molecule has 0 radical (unpaired) electrons. The number of amides is 1. The van der Waals surface area contributed by atoms with Crippen LogP contribution >= 0.6 is 0 Å². The molecule has 0 N–H and O–H groups in total. The van der Waals surface area contributed by atoms with E-state index in [9.17, 15) is 9.59 Å². The van der Waals surface area contributed by atoms with E-state index in [-0.39, 0.29) is 29.7 Å². The van der Waals surface area contributed by atoms with Crippen molar-refractivity contribution in [2.24, 2.45) is 4.99 Å². The molecule has 202 valence electrons. The molecule has 1 heterocycles. The summed E-state index contributed by atoms with van der Waals surface area (Å²) in [5, 5.41) is 0. The van der Waals surface area contributed by atoms with Gasteiger partial charge in [0.25, 0.3) is 5.91 Å². The van der Waals surface area contributed by atoms with Crippen molar-refractivity contribution in [3.05, 3.63) is 120 Å². The van der Waals surface area contributed by atoms with Gasteiger partial charge in [0, 0.05) is 17.9 Å². The molecule has 3 aromatic rings. The summed E-state index contributed by atoms with van der Waals surface area (Å²) < 4.78 is 10.9. The number of para-hydroxylation sites is 1. The summed E-state index contributed by atoms with van der Waals surface area (Å²) >= 11 is 0. The number of benzene rings is 3. The largest absolute Gasteiger partial charge is 0.462 e. The van der Waals surface area contributed by atoms with Crippen LogP contribution < -0.4 is 4.90 Å². The van der Waals surface area contributed by atoms with Gasteiger partial charge in [-0.1, -0.05) is 54.6 Å². The third kappa shape index (κ3) is 5.89. The highest BCUT2D eigenvalue weighted by atomic mass is 16.5. The fourth-order valence-electron chi connectivity index (χ4n) is 4.63. The van der Waals surface area contributed by atoms with Crippen molar-refractivity contribution >= 4 is 41.0 Å². The lowest BCUT2D eigenvalue weighted by molar-refractivity contribution is -0.122. The second-order valence-electron chi connectivity index (χ2n) is 9.23.